The minimum absolute atomic E-state index is 0.830. The highest BCUT2D eigenvalue weighted by atomic mass is 35.5. The van der Waals surface area contributed by atoms with Gasteiger partial charge < -0.3 is 0 Å². The Labute approximate surface area is 87.2 Å². The second kappa shape index (κ2) is 3.32. The summed E-state index contributed by atoms with van der Waals surface area (Å²) in [5.41, 5.74) is 1.42. The van der Waals surface area contributed by atoms with Gasteiger partial charge in [0, 0.05) is 14.6 Å². The maximum atomic E-state index is 5.93. The Morgan fingerprint density at radius 2 is 2.15 bits per heavy atom. The van der Waals surface area contributed by atoms with E-state index in [1.165, 1.54) is 20.5 Å². The number of thiophene rings is 1. The van der Waals surface area contributed by atoms with Crippen LogP contribution >= 0.6 is 22.9 Å². The van der Waals surface area contributed by atoms with Gasteiger partial charge in [-0.15, -0.1) is 11.3 Å². The first-order valence-electron chi connectivity index (χ1n) is 4.40. The van der Waals surface area contributed by atoms with Crippen molar-refractivity contribution < 1.29 is 0 Å². The summed E-state index contributed by atoms with van der Waals surface area (Å²) in [6, 6.07) is 6.12. The summed E-state index contributed by atoms with van der Waals surface area (Å²) in [7, 11) is 0. The monoisotopic (exact) mass is 210 g/mol. The van der Waals surface area contributed by atoms with E-state index in [0.717, 1.165) is 11.4 Å². The maximum Gasteiger partial charge on any atom is 0.0420 e. The summed E-state index contributed by atoms with van der Waals surface area (Å²) in [6.07, 6.45) is 1.11. The third-order valence-electron chi connectivity index (χ3n) is 2.32. The van der Waals surface area contributed by atoms with Gasteiger partial charge in [-0.3, -0.25) is 0 Å². The second-order valence-electron chi connectivity index (χ2n) is 3.14. The van der Waals surface area contributed by atoms with Crippen LogP contribution in [0.5, 0.6) is 0 Å². The van der Waals surface area contributed by atoms with E-state index in [-0.39, 0.29) is 0 Å². The highest BCUT2D eigenvalue weighted by molar-refractivity contribution is 7.19. The average molecular weight is 211 g/mol. The van der Waals surface area contributed by atoms with Gasteiger partial charge in [0.2, 0.25) is 0 Å². The molecule has 0 radical (unpaired) electrons. The van der Waals surface area contributed by atoms with Crippen molar-refractivity contribution in [2.45, 2.75) is 20.3 Å². The summed E-state index contributed by atoms with van der Waals surface area (Å²) in [5.74, 6) is 0. The van der Waals surface area contributed by atoms with Crippen LogP contribution < -0.4 is 0 Å². The van der Waals surface area contributed by atoms with E-state index in [1.807, 2.05) is 23.5 Å². The van der Waals surface area contributed by atoms with E-state index in [1.54, 1.807) is 0 Å². The van der Waals surface area contributed by atoms with Gasteiger partial charge in [0.15, 0.2) is 0 Å². The fourth-order valence-electron chi connectivity index (χ4n) is 1.59. The Kier molecular flexibility index (Phi) is 2.31. The molecule has 1 aromatic heterocycles. The topological polar surface area (TPSA) is 0 Å². The van der Waals surface area contributed by atoms with Crippen LogP contribution in [0, 0.1) is 6.92 Å². The van der Waals surface area contributed by atoms with E-state index in [0.29, 0.717) is 0 Å². The molecule has 0 atom stereocenters. The van der Waals surface area contributed by atoms with Crippen LogP contribution in [-0.2, 0) is 6.42 Å². The molecule has 0 saturated heterocycles. The Morgan fingerprint density at radius 1 is 1.38 bits per heavy atom. The number of fused-ring (bicyclic) bond motifs is 1. The Morgan fingerprint density at radius 3 is 2.85 bits per heavy atom. The van der Waals surface area contributed by atoms with E-state index in [4.69, 9.17) is 11.6 Å². The van der Waals surface area contributed by atoms with Crippen molar-refractivity contribution in [3.63, 3.8) is 0 Å². The molecule has 1 heterocycles. The summed E-state index contributed by atoms with van der Waals surface area (Å²) >= 11 is 7.78. The second-order valence-corrected chi connectivity index (χ2v) is 4.72. The molecular formula is C11H11ClS. The Bertz CT molecular complexity index is 443. The van der Waals surface area contributed by atoms with Crippen molar-refractivity contribution in [2.75, 3.05) is 0 Å². The zero-order chi connectivity index (χ0) is 9.42. The largest absolute Gasteiger partial charge is 0.140 e. The number of aryl methyl sites for hydroxylation is 2. The van der Waals surface area contributed by atoms with E-state index in [9.17, 15) is 0 Å². The van der Waals surface area contributed by atoms with Gasteiger partial charge >= 0.3 is 0 Å². The van der Waals surface area contributed by atoms with Crippen LogP contribution in [0.2, 0.25) is 5.02 Å². The summed E-state index contributed by atoms with van der Waals surface area (Å²) in [5, 5.41) is 2.18. The molecule has 0 aliphatic heterocycles. The predicted molar refractivity (Wildman–Crippen MR) is 61.0 cm³/mol. The molecule has 0 aliphatic carbocycles. The minimum Gasteiger partial charge on any atom is -0.140 e. The molecular weight excluding hydrogens is 200 g/mol. The SMILES string of the molecule is CCc1sc2cc(Cl)ccc2c1C. The van der Waals surface area contributed by atoms with E-state index >= 15 is 0 Å². The first kappa shape index (κ1) is 9.04. The van der Waals surface area contributed by atoms with E-state index < -0.39 is 0 Å². The van der Waals surface area contributed by atoms with Gasteiger partial charge in [-0.1, -0.05) is 24.6 Å². The highest BCUT2D eigenvalue weighted by Gasteiger charge is 2.06. The van der Waals surface area contributed by atoms with Gasteiger partial charge in [-0.05, 0) is 36.4 Å². The van der Waals surface area contributed by atoms with Crippen molar-refractivity contribution in [1.29, 1.82) is 0 Å². The summed E-state index contributed by atoms with van der Waals surface area (Å²) in [4.78, 5) is 1.47. The van der Waals surface area contributed by atoms with E-state index in [2.05, 4.69) is 19.9 Å². The minimum atomic E-state index is 0.830. The third-order valence-corrected chi connectivity index (χ3v) is 3.95. The molecule has 0 amide bonds. The third kappa shape index (κ3) is 1.47. The molecule has 0 unspecified atom stereocenters. The molecule has 0 spiro atoms. The summed E-state index contributed by atoms with van der Waals surface area (Å²) in [6.45, 7) is 4.38. The Hall–Kier alpha value is -0.530. The molecule has 0 bridgehead atoms. The lowest BCUT2D eigenvalue weighted by Crippen LogP contribution is -1.75. The predicted octanol–water partition coefficient (Wildman–Crippen LogP) is 4.43. The normalized spacial score (nSPS) is 11.0. The molecule has 68 valence electrons. The molecule has 2 aromatic rings. The van der Waals surface area contributed by atoms with Crippen molar-refractivity contribution in [3.05, 3.63) is 33.7 Å². The van der Waals surface area contributed by atoms with Crippen LogP contribution in [0.4, 0.5) is 0 Å². The lowest BCUT2D eigenvalue weighted by molar-refractivity contribution is 1.16. The molecule has 2 heteroatoms. The van der Waals surface area contributed by atoms with Crippen LogP contribution in [0.15, 0.2) is 18.2 Å². The zero-order valence-electron chi connectivity index (χ0n) is 7.73. The highest BCUT2D eigenvalue weighted by Crippen LogP contribution is 2.32. The smallest absolute Gasteiger partial charge is 0.0420 e. The average Bonchev–Trinajstić information content (AvgIpc) is 2.42. The number of benzene rings is 1. The van der Waals surface area contributed by atoms with Gasteiger partial charge in [-0.2, -0.15) is 0 Å². The molecule has 2 rings (SSSR count). The fraction of sp³-hybridized carbons (Fsp3) is 0.273. The molecule has 1 aromatic carbocycles. The van der Waals surface area contributed by atoms with Crippen molar-refractivity contribution in [2.24, 2.45) is 0 Å². The molecule has 0 fully saturated rings. The molecule has 13 heavy (non-hydrogen) atoms. The maximum absolute atomic E-state index is 5.93. The fourth-order valence-corrected chi connectivity index (χ4v) is 3.01. The van der Waals surface area contributed by atoms with Crippen LogP contribution in [0.1, 0.15) is 17.4 Å². The molecule has 0 saturated carbocycles. The Balaban J connectivity index is 2.76. The number of hydrogen-bond acceptors (Lipinski definition) is 1. The van der Waals surface area contributed by atoms with Gasteiger partial charge in [0.25, 0.3) is 0 Å². The van der Waals surface area contributed by atoms with Gasteiger partial charge in [0.05, 0.1) is 0 Å². The van der Waals surface area contributed by atoms with Gasteiger partial charge in [-0.25, -0.2) is 0 Å². The number of hydrogen-bond donors (Lipinski definition) is 0. The molecule has 0 aliphatic rings. The summed E-state index contributed by atoms with van der Waals surface area (Å²) < 4.78 is 1.31. The number of rotatable bonds is 1. The van der Waals surface area contributed by atoms with Crippen LogP contribution in [0.25, 0.3) is 10.1 Å². The lowest BCUT2D eigenvalue weighted by Gasteiger charge is -1.92. The lowest BCUT2D eigenvalue weighted by atomic mass is 10.1. The standard InChI is InChI=1S/C11H11ClS/c1-3-10-7(2)9-5-4-8(12)6-11(9)13-10/h4-6H,3H2,1-2H3. The molecule has 0 nitrogen and oxygen atoms in total. The molecule has 0 N–H and O–H groups in total. The quantitative estimate of drug-likeness (QED) is 0.654. The van der Waals surface area contributed by atoms with Crippen LogP contribution in [0.3, 0.4) is 0 Å². The van der Waals surface area contributed by atoms with Crippen molar-refractivity contribution in [3.8, 4) is 0 Å². The van der Waals surface area contributed by atoms with Crippen molar-refractivity contribution >= 4 is 33.0 Å². The van der Waals surface area contributed by atoms with Crippen LogP contribution in [-0.4, -0.2) is 0 Å². The number of halogens is 1. The van der Waals surface area contributed by atoms with Crippen molar-refractivity contribution in [1.82, 2.24) is 0 Å². The zero-order valence-corrected chi connectivity index (χ0v) is 9.30. The van der Waals surface area contributed by atoms with Gasteiger partial charge in [0.1, 0.15) is 0 Å². The first-order chi connectivity index (χ1) is 6.22. The first-order valence-corrected chi connectivity index (χ1v) is 5.59.